The summed E-state index contributed by atoms with van der Waals surface area (Å²) in [5.41, 5.74) is -2.48. The number of aromatic amines is 2. The average Bonchev–Trinajstić information content (AvgIpc) is 2.55. The molecule has 3 aromatic rings. The lowest BCUT2D eigenvalue weighted by atomic mass is 10.2. The highest BCUT2D eigenvalue weighted by molar-refractivity contribution is 7.92. The van der Waals surface area contributed by atoms with Crippen LogP contribution in [-0.2, 0) is 16.2 Å². The minimum atomic E-state index is -4.53. The van der Waals surface area contributed by atoms with E-state index < -0.39 is 32.9 Å². The highest BCUT2D eigenvalue weighted by Gasteiger charge is 2.30. The van der Waals surface area contributed by atoms with E-state index in [0.29, 0.717) is 0 Å². The molecule has 0 saturated heterocycles. The van der Waals surface area contributed by atoms with Crippen molar-refractivity contribution in [3.63, 3.8) is 0 Å². The normalized spacial score (nSPS) is 12.3. The van der Waals surface area contributed by atoms with Crippen LogP contribution in [0.4, 0.5) is 18.9 Å². The van der Waals surface area contributed by atoms with Gasteiger partial charge in [0.2, 0.25) is 0 Å². The maximum Gasteiger partial charge on any atom is 0.416 e. The van der Waals surface area contributed by atoms with Crippen LogP contribution in [-0.4, -0.2) is 18.4 Å². The van der Waals surface area contributed by atoms with Crippen LogP contribution in [0.5, 0.6) is 0 Å². The highest BCUT2D eigenvalue weighted by Crippen LogP contribution is 2.30. The van der Waals surface area contributed by atoms with Gasteiger partial charge in [-0.15, -0.1) is 0 Å². The first-order valence-corrected chi connectivity index (χ1v) is 8.51. The third-order valence-corrected chi connectivity index (χ3v) is 4.85. The molecular weight excluding hydrogens is 375 g/mol. The van der Waals surface area contributed by atoms with E-state index in [1.54, 1.807) is 0 Å². The first kappa shape index (κ1) is 17.7. The number of alkyl halides is 3. The summed E-state index contributed by atoms with van der Waals surface area (Å²) in [6.45, 7) is 0. The number of anilines is 1. The first-order valence-electron chi connectivity index (χ1n) is 7.03. The standard InChI is InChI=1S/C15H10F3N3O4S/c16-15(17,18)8-1-3-9(4-2-8)21-26(24,25)10-5-6-11-12(7-10)20-14(23)13(22)19-11/h1-7,21H,(H,19,22)(H,20,23). The van der Waals surface area contributed by atoms with E-state index in [1.807, 2.05) is 0 Å². The zero-order valence-corrected chi connectivity index (χ0v) is 13.5. The second kappa shape index (κ2) is 6.02. The van der Waals surface area contributed by atoms with Crippen molar-refractivity contribution in [3.8, 4) is 0 Å². The predicted molar refractivity (Wildman–Crippen MR) is 87.4 cm³/mol. The fourth-order valence-corrected chi connectivity index (χ4v) is 3.29. The van der Waals surface area contributed by atoms with Gasteiger partial charge < -0.3 is 9.97 Å². The molecule has 0 spiro atoms. The van der Waals surface area contributed by atoms with Crippen LogP contribution in [0, 0.1) is 0 Å². The minimum Gasteiger partial charge on any atom is -0.316 e. The number of aromatic nitrogens is 2. The van der Waals surface area contributed by atoms with Crippen LogP contribution in [0.1, 0.15) is 5.56 Å². The molecule has 1 aromatic heterocycles. The number of benzene rings is 2. The van der Waals surface area contributed by atoms with Gasteiger partial charge in [0.1, 0.15) is 0 Å². The first-order chi connectivity index (χ1) is 12.1. The fraction of sp³-hybridized carbons (Fsp3) is 0.0667. The molecule has 0 atom stereocenters. The molecule has 0 amide bonds. The summed E-state index contributed by atoms with van der Waals surface area (Å²) in [5.74, 6) is 0. The number of hydrogen-bond acceptors (Lipinski definition) is 4. The van der Waals surface area contributed by atoms with Gasteiger partial charge in [0.25, 0.3) is 10.0 Å². The molecule has 7 nitrogen and oxygen atoms in total. The number of halogens is 3. The highest BCUT2D eigenvalue weighted by atomic mass is 32.2. The van der Waals surface area contributed by atoms with Crippen LogP contribution in [0.25, 0.3) is 11.0 Å². The molecule has 0 bridgehead atoms. The summed E-state index contributed by atoms with van der Waals surface area (Å²) >= 11 is 0. The summed E-state index contributed by atoms with van der Waals surface area (Å²) in [5, 5.41) is 0. The Hall–Kier alpha value is -3.08. The predicted octanol–water partition coefficient (Wildman–Crippen LogP) is 2.04. The molecule has 26 heavy (non-hydrogen) atoms. The molecule has 136 valence electrons. The Bertz CT molecular complexity index is 1200. The van der Waals surface area contributed by atoms with Gasteiger partial charge in [-0.25, -0.2) is 8.42 Å². The topological polar surface area (TPSA) is 112 Å². The summed E-state index contributed by atoms with van der Waals surface area (Å²) in [4.78, 5) is 26.9. The van der Waals surface area contributed by atoms with Crippen LogP contribution in [0.3, 0.4) is 0 Å². The van der Waals surface area contributed by atoms with Gasteiger partial charge in [-0.1, -0.05) is 0 Å². The molecule has 0 aliphatic heterocycles. The van der Waals surface area contributed by atoms with Crippen molar-refractivity contribution in [3.05, 3.63) is 68.7 Å². The third-order valence-electron chi connectivity index (χ3n) is 3.47. The van der Waals surface area contributed by atoms with E-state index in [9.17, 15) is 31.2 Å². The lowest BCUT2D eigenvalue weighted by molar-refractivity contribution is -0.137. The molecule has 0 saturated carbocycles. The number of nitrogens with one attached hydrogen (secondary N) is 3. The molecule has 0 radical (unpaired) electrons. The molecule has 3 rings (SSSR count). The monoisotopic (exact) mass is 385 g/mol. The van der Waals surface area contributed by atoms with Crippen molar-refractivity contribution in [2.75, 3.05) is 4.72 Å². The van der Waals surface area contributed by atoms with Gasteiger partial charge in [-0.2, -0.15) is 13.2 Å². The molecule has 0 aliphatic rings. The number of sulfonamides is 1. The van der Waals surface area contributed by atoms with Crippen molar-refractivity contribution in [2.24, 2.45) is 0 Å². The Morgan fingerprint density at radius 1 is 0.846 bits per heavy atom. The molecule has 11 heteroatoms. The maximum absolute atomic E-state index is 12.5. The number of rotatable bonds is 3. The Kier molecular flexibility index (Phi) is 4.11. The van der Waals surface area contributed by atoms with E-state index in [0.717, 1.165) is 30.3 Å². The van der Waals surface area contributed by atoms with Crippen molar-refractivity contribution < 1.29 is 21.6 Å². The van der Waals surface area contributed by atoms with Crippen molar-refractivity contribution in [1.82, 2.24) is 9.97 Å². The molecule has 0 fully saturated rings. The van der Waals surface area contributed by atoms with Gasteiger partial charge in [0, 0.05) is 5.69 Å². The van der Waals surface area contributed by atoms with E-state index >= 15 is 0 Å². The summed E-state index contributed by atoms with van der Waals surface area (Å²) in [6, 6.07) is 7.07. The molecule has 0 unspecified atom stereocenters. The van der Waals surface area contributed by atoms with E-state index in [2.05, 4.69) is 14.7 Å². The van der Waals surface area contributed by atoms with Gasteiger partial charge in [-0.3, -0.25) is 14.3 Å². The lowest BCUT2D eigenvalue weighted by Crippen LogP contribution is -2.29. The Morgan fingerprint density at radius 2 is 1.42 bits per heavy atom. The summed E-state index contributed by atoms with van der Waals surface area (Å²) in [6.07, 6.45) is -4.53. The van der Waals surface area contributed by atoms with Crippen molar-refractivity contribution in [2.45, 2.75) is 11.1 Å². The van der Waals surface area contributed by atoms with E-state index in [-0.39, 0.29) is 21.6 Å². The van der Waals surface area contributed by atoms with Crippen molar-refractivity contribution >= 4 is 26.7 Å². The maximum atomic E-state index is 12.5. The Balaban J connectivity index is 1.95. The molecule has 2 aromatic carbocycles. The second-order valence-corrected chi connectivity index (χ2v) is 6.98. The van der Waals surface area contributed by atoms with Gasteiger partial charge in [0.05, 0.1) is 21.5 Å². The number of fused-ring (bicyclic) bond motifs is 1. The zero-order chi connectivity index (χ0) is 19.1. The lowest BCUT2D eigenvalue weighted by Gasteiger charge is -2.10. The second-order valence-electron chi connectivity index (χ2n) is 5.30. The van der Waals surface area contributed by atoms with Gasteiger partial charge >= 0.3 is 17.3 Å². The zero-order valence-electron chi connectivity index (χ0n) is 12.7. The van der Waals surface area contributed by atoms with Crippen LogP contribution in [0.2, 0.25) is 0 Å². The van der Waals surface area contributed by atoms with E-state index in [1.165, 1.54) is 12.1 Å². The van der Waals surface area contributed by atoms with Crippen molar-refractivity contribution in [1.29, 1.82) is 0 Å². The van der Waals surface area contributed by atoms with Crippen LogP contribution in [0.15, 0.2) is 56.9 Å². The Labute approximate surface area is 143 Å². The third kappa shape index (κ3) is 3.47. The van der Waals surface area contributed by atoms with E-state index in [4.69, 9.17) is 0 Å². The van der Waals surface area contributed by atoms with Crippen LogP contribution < -0.4 is 15.8 Å². The fourth-order valence-electron chi connectivity index (χ4n) is 2.20. The molecular formula is C15H10F3N3O4S. The molecule has 1 heterocycles. The van der Waals surface area contributed by atoms with Crippen LogP contribution >= 0.6 is 0 Å². The average molecular weight is 385 g/mol. The molecule has 0 aliphatic carbocycles. The van der Waals surface area contributed by atoms with Gasteiger partial charge in [0.15, 0.2) is 0 Å². The minimum absolute atomic E-state index is 0.0620. The summed E-state index contributed by atoms with van der Waals surface area (Å²) in [7, 11) is -4.12. The summed E-state index contributed by atoms with van der Waals surface area (Å²) < 4.78 is 64.5. The largest absolute Gasteiger partial charge is 0.416 e. The quantitative estimate of drug-likeness (QED) is 0.599. The SMILES string of the molecule is O=c1[nH]c2ccc(S(=O)(=O)Nc3ccc(C(F)(F)F)cc3)cc2[nH]c1=O. The molecule has 3 N–H and O–H groups in total. The Morgan fingerprint density at radius 3 is 2.00 bits per heavy atom. The number of hydrogen-bond donors (Lipinski definition) is 3. The number of H-pyrrole nitrogens is 2. The van der Waals surface area contributed by atoms with Gasteiger partial charge in [-0.05, 0) is 42.5 Å². The smallest absolute Gasteiger partial charge is 0.316 e.